The fourth-order valence-corrected chi connectivity index (χ4v) is 3.75. The van der Waals surface area contributed by atoms with Crippen LogP contribution < -0.4 is 5.32 Å². The molecule has 0 bridgehead atoms. The fraction of sp³-hybridized carbons (Fsp3) is 0.238. The second-order valence-electron chi connectivity index (χ2n) is 6.85. The molecule has 0 unspecified atom stereocenters. The highest BCUT2D eigenvalue weighted by Crippen LogP contribution is 2.23. The maximum absolute atomic E-state index is 13.8. The second kappa shape index (κ2) is 8.57. The topological polar surface area (TPSA) is 89.3 Å². The average molecular weight is 416 g/mol. The van der Waals surface area contributed by atoms with Gasteiger partial charge in [0.2, 0.25) is 5.91 Å². The molecular formula is C21H21FN2O4S. The molecule has 0 atom stereocenters. The van der Waals surface area contributed by atoms with Gasteiger partial charge in [0.05, 0.1) is 28.7 Å². The number of amides is 1. The monoisotopic (exact) mass is 416 g/mol. The van der Waals surface area contributed by atoms with E-state index >= 15 is 0 Å². The van der Waals surface area contributed by atoms with E-state index in [9.17, 15) is 17.6 Å². The van der Waals surface area contributed by atoms with Crippen LogP contribution in [0.25, 0.3) is 11.3 Å². The lowest BCUT2D eigenvalue weighted by Crippen LogP contribution is -2.24. The Kier molecular flexibility index (Phi) is 6.12. The number of carbonyl (C=O) groups excluding carboxylic acids is 1. The minimum absolute atomic E-state index is 0.0973. The number of hydrogen-bond acceptors (Lipinski definition) is 5. The van der Waals surface area contributed by atoms with Crippen LogP contribution >= 0.6 is 0 Å². The van der Waals surface area contributed by atoms with Crippen LogP contribution in [0.5, 0.6) is 0 Å². The maximum Gasteiger partial charge on any atom is 0.224 e. The van der Waals surface area contributed by atoms with Crippen molar-refractivity contribution in [3.8, 4) is 11.3 Å². The number of carbonyl (C=O) groups is 1. The molecule has 0 saturated carbocycles. The van der Waals surface area contributed by atoms with Gasteiger partial charge in [0, 0.05) is 6.07 Å². The summed E-state index contributed by atoms with van der Waals surface area (Å²) in [4.78, 5) is 12.4. The van der Waals surface area contributed by atoms with E-state index in [4.69, 9.17) is 4.52 Å². The van der Waals surface area contributed by atoms with E-state index in [1.165, 1.54) is 18.2 Å². The summed E-state index contributed by atoms with van der Waals surface area (Å²) in [6, 6.07) is 14.0. The van der Waals surface area contributed by atoms with Crippen molar-refractivity contribution in [2.45, 2.75) is 37.0 Å². The first-order valence-corrected chi connectivity index (χ1v) is 10.6. The van der Waals surface area contributed by atoms with Crippen LogP contribution in [-0.2, 0) is 27.6 Å². The van der Waals surface area contributed by atoms with Crippen molar-refractivity contribution < 1.29 is 22.1 Å². The van der Waals surface area contributed by atoms with Crippen LogP contribution in [-0.4, -0.2) is 24.7 Å². The van der Waals surface area contributed by atoms with Gasteiger partial charge < -0.3 is 9.84 Å². The highest BCUT2D eigenvalue weighted by Gasteiger charge is 2.19. The fourth-order valence-electron chi connectivity index (χ4n) is 2.69. The van der Waals surface area contributed by atoms with E-state index in [1.807, 2.05) is 0 Å². The van der Waals surface area contributed by atoms with Crippen molar-refractivity contribution in [3.05, 3.63) is 71.7 Å². The van der Waals surface area contributed by atoms with Gasteiger partial charge in [0.1, 0.15) is 11.5 Å². The number of benzene rings is 2. The Morgan fingerprint density at radius 3 is 2.48 bits per heavy atom. The summed E-state index contributed by atoms with van der Waals surface area (Å²) < 4.78 is 43.2. The van der Waals surface area contributed by atoms with Crippen molar-refractivity contribution in [1.29, 1.82) is 0 Å². The van der Waals surface area contributed by atoms with E-state index in [-0.39, 0.29) is 29.5 Å². The van der Waals surface area contributed by atoms with Gasteiger partial charge in [0.25, 0.3) is 0 Å². The Morgan fingerprint density at radius 2 is 1.83 bits per heavy atom. The number of aromatic nitrogens is 1. The molecule has 152 valence electrons. The Morgan fingerprint density at radius 1 is 1.14 bits per heavy atom. The number of nitrogens with one attached hydrogen (secondary N) is 1. The molecule has 0 aliphatic heterocycles. The van der Waals surface area contributed by atoms with E-state index < -0.39 is 20.9 Å². The highest BCUT2D eigenvalue weighted by atomic mass is 32.2. The van der Waals surface area contributed by atoms with Crippen LogP contribution in [0.15, 0.2) is 64.0 Å². The third-order valence-electron chi connectivity index (χ3n) is 4.40. The zero-order valence-electron chi connectivity index (χ0n) is 16.1. The molecule has 3 rings (SSSR count). The molecule has 29 heavy (non-hydrogen) atoms. The van der Waals surface area contributed by atoms with E-state index in [0.29, 0.717) is 16.8 Å². The normalized spacial score (nSPS) is 11.6. The number of halogens is 1. The molecule has 0 saturated heterocycles. The van der Waals surface area contributed by atoms with Gasteiger partial charge in [-0.25, -0.2) is 12.8 Å². The van der Waals surface area contributed by atoms with Gasteiger partial charge in [-0.2, -0.15) is 0 Å². The molecule has 3 aromatic rings. The smallest absolute Gasteiger partial charge is 0.224 e. The number of nitrogens with zero attached hydrogens (tertiary/aromatic N) is 1. The Balaban J connectivity index is 1.58. The Hall–Kier alpha value is -3.00. The van der Waals surface area contributed by atoms with Crippen LogP contribution in [0.2, 0.25) is 0 Å². The largest absolute Gasteiger partial charge is 0.356 e. The number of rotatable bonds is 7. The molecule has 1 aromatic heterocycles. The van der Waals surface area contributed by atoms with Gasteiger partial charge in [-0.3, -0.25) is 4.79 Å². The number of hydrogen-bond donors (Lipinski definition) is 1. The molecule has 1 amide bonds. The van der Waals surface area contributed by atoms with E-state index in [2.05, 4.69) is 10.5 Å². The maximum atomic E-state index is 13.8. The summed E-state index contributed by atoms with van der Waals surface area (Å²) in [5.41, 5.74) is 1.46. The van der Waals surface area contributed by atoms with Gasteiger partial charge in [-0.1, -0.05) is 29.4 Å². The van der Waals surface area contributed by atoms with Crippen LogP contribution in [0.4, 0.5) is 4.39 Å². The van der Waals surface area contributed by atoms with E-state index in [0.717, 1.165) is 0 Å². The minimum Gasteiger partial charge on any atom is -0.356 e. The molecular weight excluding hydrogens is 395 g/mol. The lowest BCUT2D eigenvalue weighted by Gasteiger charge is -2.08. The average Bonchev–Trinajstić information content (AvgIpc) is 3.16. The van der Waals surface area contributed by atoms with Crippen molar-refractivity contribution >= 4 is 15.7 Å². The summed E-state index contributed by atoms with van der Waals surface area (Å²) in [5, 5.41) is 6.06. The second-order valence-corrected chi connectivity index (χ2v) is 9.36. The zero-order valence-corrected chi connectivity index (χ0v) is 16.9. The highest BCUT2D eigenvalue weighted by molar-refractivity contribution is 7.92. The van der Waals surface area contributed by atoms with Crippen LogP contribution in [0.3, 0.4) is 0 Å². The molecule has 6 nitrogen and oxygen atoms in total. The summed E-state index contributed by atoms with van der Waals surface area (Å²) in [6.07, 6.45) is 0.0973. The van der Waals surface area contributed by atoms with E-state index in [1.54, 1.807) is 50.2 Å². The standard InChI is InChI=1S/C21H21FN2O4S/c1-14(2)29(26,27)17-9-7-15(8-10-17)11-21(25)23-13-16-12-20(28-24-16)18-5-3-4-6-19(18)22/h3-10,12,14H,11,13H2,1-2H3,(H,23,25). The van der Waals surface area contributed by atoms with Gasteiger partial charge in [0.15, 0.2) is 15.6 Å². The van der Waals surface area contributed by atoms with Gasteiger partial charge in [-0.15, -0.1) is 0 Å². The Labute approximate surface area is 168 Å². The van der Waals surface area contributed by atoms with Gasteiger partial charge in [-0.05, 0) is 43.7 Å². The predicted molar refractivity (Wildman–Crippen MR) is 106 cm³/mol. The van der Waals surface area contributed by atoms with Crippen LogP contribution in [0.1, 0.15) is 25.1 Å². The van der Waals surface area contributed by atoms with Gasteiger partial charge >= 0.3 is 0 Å². The number of sulfone groups is 1. The molecule has 0 radical (unpaired) electrons. The zero-order chi connectivity index (χ0) is 21.0. The SMILES string of the molecule is CC(C)S(=O)(=O)c1ccc(CC(=O)NCc2cc(-c3ccccc3F)on2)cc1. The minimum atomic E-state index is -3.34. The van der Waals surface area contributed by atoms with Crippen molar-refractivity contribution in [2.75, 3.05) is 0 Å². The predicted octanol–water partition coefficient (Wildman–Crippen LogP) is 3.52. The Bertz CT molecular complexity index is 1110. The summed E-state index contributed by atoms with van der Waals surface area (Å²) >= 11 is 0. The first-order chi connectivity index (χ1) is 13.8. The molecule has 1 heterocycles. The first kappa shape index (κ1) is 20.7. The lowest BCUT2D eigenvalue weighted by atomic mass is 10.1. The quantitative estimate of drug-likeness (QED) is 0.637. The van der Waals surface area contributed by atoms with Crippen molar-refractivity contribution in [2.24, 2.45) is 0 Å². The molecule has 0 aliphatic carbocycles. The molecule has 0 spiro atoms. The molecule has 1 N–H and O–H groups in total. The first-order valence-electron chi connectivity index (χ1n) is 9.07. The third kappa shape index (κ3) is 4.89. The summed E-state index contributed by atoms with van der Waals surface area (Å²) in [7, 11) is -3.34. The molecule has 2 aromatic carbocycles. The summed E-state index contributed by atoms with van der Waals surface area (Å²) in [6.45, 7) is 3.38. The van der Waals surface area contributed by atoms with Crippen LogP contribution in [0, 0.1) is 5.82 Å². The molecule has 8 heteroatoms. The molecule has 0 aliphatic rings. The lowest BCUT2D eigenvalue weighted by molar-refractivity contribution is -0.120. The van der Waals surface area contributed by atoms with Crippen molar-refractivity contribution in [3.63, 3.8) is 0 Å². The van der Waals surface area contributed by atoms with Crippen molar-refractivity contribution in [1.82, 2.24) is 10.5 Å². The third-order valence-corrected chi connectivity index (χ3v) is 6.57. The summed E-state index contributed by atoms with van der Waals surface area (Å²) in [5.74, 6) is -0.378. The molecule has 0 fully saturated rings.